The van der Waals surface area contributed by atoms with Crippen LogP contribution in [0.25, 0.3) is 10.8 Å². The molecule has 0 unspecified atom stereocenters. The quantitative estimate of drug-likeness (QED) is 0.303. The fraction of sp³-hybridized carbons (Fsp3) is 0.172. The Balaban J connectivity index is 1.43. The number of methoxy groups -OCH3 is 1. The van der Waals surface area contributed by atoms with E-state index >= 15 is 0 Å². The molecule has 4 aromatic rings. The van der Waals surface area contributed by atoms with E-state index in [1.807, 2.05) is 18.2 Å². The first kappa shape index (κ1) is 22.6. The predicted molar refractivity (Wildman–Crippen MR) is 126 cm³/mol. The second-order valence-corrected chi connectivity index (χ2v) is 7.94. The fourth-order valence-corrected chi connectivity index (χ4v) is 3.70. The van der Waals surface area contributed by atoms with Crippen LogP contribution in [-0.4, -0.2) is 13.7 Å². The number of hydrogen-bond acceptors (Lipinski definition) is 1. The molecular formula is C29H23F3O. The molecule has 0 saturated carbocycles. The molecule has 4 aromatic carbocycles. The number of halogens is 3. The molecule has 0 fully saturated rings. The van der Waals surface area contributed by atoms with Crippen molar-refractivity contribution >= 4 is 10.8 Å². The summed E-state index contributed by atoms with van der Waals surface area (Å²) in [4.78, 5) is 0. The van der Waals surface area contributed by atoms with Crippen molar-refractivity contribution in [2.75, 3.05) is 13.7 Å². The highest BCUT2D eigenvalue weighted by molar-refractivity contribution is 5.84. The summed E-state index contributed by atoms with van der Waals surface area (Å²) in [5, 5.41) is 1.66. The van der Waals surface area contributed by atoms with Gasteiger partial charge in [0.1, 0.15) is 17.5 Å². The van der Waals surface area contributed by atoms with Crippen LogP contribution in [0.4, 0.5) is 13.2 Å². The summed E-state index contributed by atoms with van der Waals surface area (Å²) < 4.78 is 47.3. The zero-order chi connectivity index (χ0) is 23.2. The molecular weight excluding hydrogens is 421 g/mol. The minimum absolute atomic E-state index is 0.246. The van der Waals surface area contributed by atoms with Gasteiger partial charge in [-0.25, -0.2) is 13.2 Å². The van der Waals surface area contributed by atoms with Gasteiger partial charge in [0.15, 0.2) is 0 Å². The maximum atomic E-state index is 14.6. The average Bonchev–Trinajstić information content (AvgIpc) is 2.81. The molecule has 1 nitrogen and oxygen atoms in total. The summed E-state index contributed by atoms with van der Waals surface area (Å²) in [6.45, 7) is 0.550. The highest BCUT2D eigenvalue weighted by Crippen LogP contribution is 2.18. The summed E-state index contributed by atoms with van der Waals surface area (Å²) in [6.07, 6.45) is 1.68. The van der Waals surface area contributed by atoms with E-state index in [2.05, 4.69) is 11.8 Å². The average molecular weight is 444 g/mol. The molecule has 0 heterocycles. The van der Waals surface area contributed by atoms with E-state index in [-0.39, 0.29) is 11.6 Å². The third-order valence-electron chi connectivity index (χ3n) is 5.57. The second-order valence-electron chi connectivity index (χ2n) is 7.94. The van der Waals surface area contributed by atoms with Gasteiger partial charge in [-0.3, -0.25) is 0 Å². The summed E-state index contributed by atoms with van der Waals surface area (Å²) in [5.41, 5.74) is 3.31. The third kappa shape index (κ3) is 5.83. The van der Waals surface area contributed by atoms with Crippen LogP contribution < -0.4 is 0 Å². The first-order chi connectivity index (χ1) is 16.0. The van der Waals surface area contributed by atoms with Crippen molar-refractivity contribution in [3.05, 3.63) is 118 Å². The van der Waals surface area contributed by atoms with Crippen molar-refractivity contribution in [1.82, 2.24) is 0 Å². The maximum absolute atomic E-state index is 14.6. The van der Waals surface area contributed by atoms with E-state index in [0.29, 0.717) is 37.0 Å². The Bertz CT molecular complexity index is 1350. The molecule has 4 rings (SSSR count). The van der Waals surface area contributed by atoms with Crippen LogP contribution >= 0.6 is 0 Å². The lowest BCUT2D eigenvalue weighted by atomic mass is 10.0. The highest BCUT2D eigenvalue weighted by atomic mass is 19.1. The summed E-state index contributed by atoms with van der Waals surface area (Å²) in [6, 6.07) is 20.2. The number of benzene rings is 4. The molecule has 166 valence electrons. The van der Waals surface area contributed by atoms with Crippen LogP contribution in [0.5, 0.6) is 0 Å². The maximum Gasteiger partial charge on any atom is 0.139 e. The molecule has 0 amide bonds. The summed E-state index contributed by atoms with van der Waals surface area (Å²) >= 11 is 0. The molecule has 0 aliphatic carbocycles. The van der Waals surface area contributed by atoms with E-state index in [1.54, 1.807) is 37.4 Å². The van der Waals surface area contributed by atoms with Gasteiger partial charge in [0.2, 0.25) is 0 Å². The van der Waals surface area contributed by atoms with E-state index < -0.39 is 5.82 Å². The van der Waals surface area contributed by atoms with Crippen LogP contribution in [0, 0.1) is 29.3 Å². The van der Waals surface area contributed by atoms with Crippen LogP contribution in [0.2, 0.25) is 0 Å². The van der Waals surface area contributed by atoms with Crippen molar-refractivity contribution in [2.24, 2.45) is 0 Å². The van der Waals surface area contributed by atoms with E-state index in [0.717, 1.165) is 27.5 Å². The van der Waals surface area contributed by atoms with E-state index in [4.69, 9.17) is 4.74 Å². The Hall–Kier alpha value is -3.55. The van der Waals surface area contributed by atoms with Gasteiger partial charge in [0.05, 0.1) is 12.2 Å². The normalized spacial score (nSPS) is 10.8. The van der Waals surface area contributed by atoms with E-state index in [9.17, 15) is 13.2 Å². The van der Waals surface area contributed by atoms with Crippen LogP contribution in [0.15, 0.2) is 72.8 Å². The lowest BCUT2D eigenvalue weighted by Crippen LogP contribution is -1.99. The standard InChI is InChI=1S/C29H23F3O/c1-33-15-14-22-5-10-24(29(32)18-22)9-4-21-3-8-23(28(31)17-21)7-2-20-6-11-26-19-27(30)13-12-25(26)16-20/h3,5-6,8,10-13,16-19H,4,9,14-15H2,1H3. The first-order valence-corrected chi connectivity index (χ1v) is 10.8. The van der Waals surface area contributed by atoms with Crippen molar-refractivity contribution in [1.29, 1.82) is 0 Å². The lowest BCUT2D eigenvalue weighted by molar-refractivity contribution is 0.202. The second kappa shape index (κ2) is 10.4. The summed E-state index contributed by atoms with van der Waals surface area (Å²) in [7, 11) is 1.62. The first-order valence-electron chi connectivity index (χ1n) is 10.8. The molecule has 0 bridgehead atoms. The molecule has 4 heteroatoms. The fourth-order valence-electron chi connectivity index (χ4n) is 3.70. The van der Waals surface area contributed by atoms with Gasteiger partial charge >= 0.3 is 0 Å². The number of ether oxygens (including phenoxy) is 1. The highest BCUT2D eigenvalue weighted by Gasteiger charge is 2.07. The molecule has 0 aliphatic rings. The Morgan fingerprint density at radius 2 is 1.39 bits per heavy atom. The number of aryl methyl sites for hydroxylation is 2. The van der Waals surface area contributed by atoms with Crippen LogP contribution in [0.3, 0.4) is 0 Å². The van der Waals surface area contributed by atoms with Gasteiger partial charge in [-0.2, -0.15) is 0 Å². The van der Waals surface area contributed by atoms with Gasteiger partial charge in [0.25, 0.3) is 0 Å². The monoisotopic (exact) mass is 444 g/mol. The molecule has 0 aromatic heterocycles. The third-order valence-corrected chi connectivity index (χ3v) is 5.57. The zero-order valence-corrected chi connectivity index (χ0v) is 18.3. The number of hydrogen-bond donors (Lipinski definition) is 0. The SMILES string of the molecule is COCCc1ccc(CCc2ccc(C#Cc3ccc4cc(F)ccc4c3)c(F)c2)c(F)c1. The Kier molecular flexibility index (Phi) is 7.12. The molecule has 0 spiro atoms. The lowest BCUT2D eigenvalue weighted by Gasteiger charge is -2.07. The van der Waals surface area contributed by atoms with E-state index in [1.165, 1.54) is 24.3 Å². The van der Waals surface area contributed by atoms with Crippen molar-refractivity contribution in [3.63, 3.8) is 0 Å². The smallest absolute Gasteiger partial charge is 0.139 e. The minimum Gasteiger partial charge on any atom is -0.384 e. The number of fused-ring (bicyclic) bond motifs is 1. The number of rotatable bonds is 6. The van der Waals surface area contributed by atoms with Crippen molar-refractivity contribution < 1.29 is 17.9 Å². The van der Waals surface area contributed by atoms with Gasteiger partial charge in [0, 0.05) is 12.7 Å². The molecule has 0 atom stereocenters. The van der Waals surface area contributed by atoms with Crippen LogP contribution in [0.1, 0.15) is 27.8 Å². The molecule has 0 aliphatic heterocycles. The Labute approximate surface area is 191 Å². The van der Waals surface area contributed by atoms with Gasteiger partial charge in [-0.05, 0) is 89.2 Å². The van der Waals surface area contributed by atoms with Gasteiger partial charge < -0.3 is 4.74 Å². The molecule has 0 radical (unpaired) electrons. The van der Waals surface area contributed by atoms with Crippen LogP contribution in [-0.2, 0) is 24.0 Å². The largest absolute Gasteiger partial charge is 0.384 e. The Morgan fingerprint density at radius 1 is 0.667 bits per heavy atom. The van der Waals surface area contributed by atoms with Crippen molar-refractivity contribution in [3.8, 4) is 11.8 Å². The minimum atomic E-state index is -0.404. The molecule has 0 saturated heterocycles. The van der Waals surface area contributed by atoms with Gasteiger partial charge in [-0.15, -0.1) is 0 Å². The summed E-state index contributed by atoms with van der Waals surface area (Å²) in [5.74, 6) is 4.90. The van der Waals surface area contributed by atoms with Gasteiger partial charge in [-0.1, -0.05) is 42.2 Å². The topological polar surface area (TPSA) is 9.23 Å². The Morgan fingerprint density at radius 3 is 2.18 bits per heavy atom. The zero-order valence-electron chi connectivity index (χ0n) is 18.3. The van der Waals surface area contributed by atoms with Crippen molar-refractivity contribution in [2.45, 2.75) is 19.3 Å². The molecule has 33 heavy (non-hydrogen) atoms. The molecule has 0 N–H and O–H groups in total. The predicted octanol–water partition coefficient (Wildman–Crippen LogP) is 6.63.